The van der Waals surface area contributed by atoms with Crippen molar-refractivity contribution >= 4 is 149 Å². The van der Waals surface area contributed by atoms with Gasteiger partial charge in [-0.25, -0.2) is 14.4 Å². The first-order valence-electron chi connectivity index (χ1n) is 44.9. The summed E-state index contributed by atoms with van der Waals surface area (Å²) in [5.74, 6) is -10.1. The molecule has 4 bridgehead atoms. The van der Waals surface area contributed by atoms with Crippen molar-refractivity contribution < 1.29 is 101 Å². The Morgan fingerprint density at radius 3 is 2.19 bits per heavy atom. The van der Waals surface area contributed by atoms with Crippen molar-refractivity contribution in [2.24, 2.45) is 11.7 Å². The van der Waals surface area contributed by atoms with E-state index in [1.54, 1.807) is 112 Å². The van der Waals surface area contributed by atoms with Gasteiger partial charge < -0.3 is 112 Å². The third kappa shape index (κ3) is 28.4. The number of hydrogen-bond acceptors (Lipinski definition) is 26. The number of unbranched alkanes of at least 4 members (excludes halogenated alkanes) is 1. The van der Waals surface area contributed by atoms with Crippen LogP contribution in [0.3, 0.4) is 0 Å². The fraction of sp³-hybridized carbons (Fsp3) is 0.538. The summed E-state index contributed by atoms with van der Waals surface area (Å²) in [7, 11) is 10.0. The monoisotopic (exact) mass is 1950 g/mol. The van der Waals surface area contributed by atoms with Gasteiger partial charge in [0.25, 0.3) is 0 Å². The number of ether oxygens (including phenoxy) is 5. The van der Waals surface area contributed by atoms with Gasteiger partial charge in [0.15, 0.2) is 5.72 Å². The van der Waals surface area contributed by atoms with Crippen LogP contribution >= 0.6 is 54.8 Å². The van der Waals surface area contributed by atoms with Crippen molar-refractivity contribution in [1.29, 1.82) is 0 Å². The molecule has 41 heteroatoms. The summed E-state index contributed by atoms with van der Waals surface area (Å²) >= 11 is 6.94. The first kappa shape index (κ1) is 106. The zero-order chi connectivity index (χ0) is 97.5. The van der Waals surface area contributed by atoms with Gasteiger partial charge in [0, 0.05) is 118 Å². The number of halogens is 1. The molecular weight excluding hydrogens is 1830 g/mol. The number of methoxy groups -OCH3 is 2. The molecule has 5 aromatic rings. The SMILES string of the molecule is CCNC(=O)N[C@H](Cc1ccccc1)C(=O)N[C@H]1CSSC[C@@H](C(=O)N[C@H](C(=O)N2CCCCC2)C(C)(C)SSCCC(=O)N(C)[C@@H](C)C(=O)O[C@H]2CC(=O)N(C)c3cc(cc(OC)c3Cl)C/C(C)=C/C=C/[C@@H](OC)[C@@]3(O)C[C@H](OC(=O)N3)[C@@H](C)[C@@H]3O[C@@]23C)NC(=O)[C@H]([C@@H](C)O)NC(=O)[C@H](CCCCN)NC(=O)[C@@H](Cc2c[nH]c3ccccc23)NC(=O)[C@H](Cc2ccc(O)cc2)NC1=O. The number of carbonyl (C=O) groups excluding carboxylic acids is 13. The number of likely N-dealkylation sites (tertiary alicyclic amines) is 1. The minimum absolute atomic E-state index is 0.0560. The quantitative estimate of drug-likeness (QED) is 0.0113. The number of fused-ring (bicyclic) bond motifs is 6. The van der Waals surface area contributed by atoms with Crippen molar-refractivity contribution in [2.75, 3.05) is 76.7 Å². The largest absolute Gasteiger partial charge is 0.508 e. The van der Waals surface area contributed by atoms with Gasteiger partial charge in [-0.3, -0.25) is 53.3 Å². The average molecular weight is 1950 g/mol. The molecule has 4 saturated heterocycles. The molecule has 1 aromatic heterocycles. The molecule has 0 unspecified atom stereocenters. The van der Waals surface area contributed by atoms with Crippen LogP contribution in [0.1, 0.15) is 135 Å². The van der Waals surface area contributed by atoms with Crippen LogP contribution in [0.25, 0.3) is 10.9 Å². The zero-order valence-electron chi connectivity index (χ0n) is 77.4. The number of urea groups is 1. The van der Waals surface area contributed by atoms with Gasteiger partial charge in [0.05, 0.1) is 31.4 Å². The number of nitrogens with two attached hydrogens (primary N) is 1. The molecule has 17 atom stereocenters. The molecule has 13 amide bonds. The molecule has 134 heavy (non-hydrogen) atoms. The number of nitrogens with one attached hydrogen (secondary N) is 11. The molecule has 36 nitrogen and oxygen atoms in total. The van der Waals surface area contributed by atoms with Gasteiger partial charge in [-0.15, -0.1) is 0 Å². The second-order valence-electron chi connectivity index (χ2n) is 35.1. The van der Waals surface area contributed by atoms with E-state index < -0.39 is 190 Å². The number of alkyl carbamates (subject to hydrolysis) is 1. The number of nitrogens with zero attached hydrogens (tertiary/aromatic N) is 3. The van der Waals surface area contributed by atoms with Crippen molar-refractivity contribution in [2.45, 2.75) is 240 Å². The van der Waals surface area contributed by atoms with Gasteiger partial charge in [-0.2, -0.15) is 0 Å². The Labute approximate surface area is 800 Å². The number of benzene rings is 4. The molecule has 0 aliphatic carbocycles. The van der Waals surface area contributed by atoms with E-state index in [9.17, 15) is 48.9 Å². The highest BCUT2D eigenvalue weighted by Crippen LogP contribution is 2.50. The number of carbonyl (C=O) groups is 13. The predicted molar refractivity (Wildman–Crippen MR) is 513 cm³/mol. The number of aromatic hydroxyl groups is 1. The lowest BCUT2D eigenvalue weighted by Crippen LogP contribution is -2.64. The maximum atomic E-state index is 15.7. The molecule has 6 heterocycles. The maximum absolute atomic E-state index is 15.7. The number of allylic oxidation sites excluding steroid dienone is 3. The highest BCUT2D eigenvalue weighted by atomic mass is 35.5. The number of aromatic amines is 1. The Morgan fingerprint density at radius 2 is 1.50 bits per heavy atom. The summed E-state index contributed by atoms with van der Waals surface area (Å²) in [6.07, 6.45) is 1.61. The lowest BCUT2D eigenvalue weighted by atomic mass is 9.83. The summed E-state index contributed by atoms with van der Waals surface area (Å²) in [5, 5.41) is 62.3. The second-order valence-corrected chi connectivity index (χ2v) is 41.1. The number of aliphatic hydroxyl groups is 2. The normalized spacial score (nSPS) is 25.9. The number of anilines is 1. The van der Waals surface area contributed by atoms with Crippen LogP contribution in [-0.2, 0) is 97.4 Å². The van der Waals surface area contributed by atoms with Gasteiger partial charge >= 0.3 is 18.1 Å². The number of aromatic nitrogens is 1. The number of H-pyrrole nitrogens is 1. The van der Waals surface area contributed by atoms with E-state index in [1.165, 1.54) is 97.8 Å². The van der Waals surface area contributed by atoms with Crippen LogP contribution in [0.2, 0.25) is 5.02 Å². The molecule has 0 spiro atoms. The third-order valence-corrected chi connectivity index (χ3v) is 30.6. The van der Waals surface area contributed by atoms with E-state index in [1.807, 2.05) is 25.1 Å². The lowest BCUT2D eigenvalue weighted by Gasteiger charge is -2.42. The van der Waals surface area contributed by atoms with Gasteiger partial charge in [0.2, 0.25) is 59.1 Å². The van der Waals surface area contributed by atoms with E-state index in [-0.39, 0.29) is 97.5 Å². The van der Waals surface area contributed by atoms with Gasteiger partial charge in [-0.1, -0.05) is 146 Å². The van der Waals surface area contributed by atoms with Crippen LogP contribution in [0, 0.1) is 5.92 Å². The van der Waals surface area contributed by atoms with Crippen LogP contribution in [-0.4, -0.2) is 280 Å². The van der Waals surface area contributed by atoms with Crippen LogP contribution in [0.5, 0.6) is 11.5 Å². The number of amides is 13. The molecule has 730 valence electrons. The number of phenolic OH excluding ortho intramolecular Hbond substituents is 1. The van der Waals surface area contributed by atoms with Crippen molar-refractivity contribution in [3.8, 4) is 11.5 Å². The van der Waals surface area contributed by atoms with E-state index >= 15 is 28.8 Å². The second kappa shape index (κ2) is 48.9. The zero-order valence-corrected chi connectivity index (χ0v) is 81.4. The van der Waals surface area contributed by atoms with E-state index in [0.29, 0.717) is 71.9 Å². The Morgan fingerprint density at radius 1 is 0.828 bits per heavy atom. The smallest absolute Gasteiger partial charge is 0.409 e. The van der Waals surface area contributed by atoms with E-state index in [2.05, 4.69) is 58.2 Å². The van der Waals surface area contributed by atoms with Crippen molar-refractivity contribution in [1.82, 2.24) is 68.0 Å². The molecule has 5 aliphatic heterocycles. The average Bonchev–Trinajstić information content (AvgIpc) is 1.57. The predicted octanol–water partition coefficient (Wildman–Crippen LogP) is 5.98. The number of piperidine rings is 1. The summed E-state index contributed by atoms with van der Waals surface area (Å²) in [5.41, 5.74) is 6.76. The molecule has 0 saturated carbocycles. The fourth-order valence-electron chi connectivity index (χ4n) is 16.4. The summed E-state index contributed by atoms with van der Waals surface area (Å²) in [6.45, 7) is 14.1. The van der Waals surface area contributed by atoms with Crippen LogP contribution in [0.4, 0.5) is 15.3 Å². The third-order valence-electron chi connectivity index (χ3n) is 24.5. The molecule has 16 N–H and O–H groups in total. The number of phenols is 1. The van der Waals surface area contributed by atoms with Crippen LogP contribution < -0.4 is 68.5 Å². The number of hydrogen-bond donors (Lipinski definition) is 15. The Balaban J connectivity index is 0.914. The number of likely N-dealkylation sites (N-methyl/N-ethyl adjacent to an activating group) is 1. The highest BCUT2D eigenvalue weighted by molar-refractivity contribution is 8.77. The lowest BCUT2D eigenvalue weighted by molar-refractivity contribution is -0.162. The number of rotatable bonds is 29. The molecule has 10 rings (SSSR count). The van der Waals surface area contributed by atoms with Gasteiger partial charge in [0.1, 0.15) is 94.8 Å². The topological polar surface area (TPSA) is 504 Å². The Bertz CT molecular complexity index is 5050. The molecule has 0 radical (unpaired) electrons. The minimum Gasteiger partial charge on any atom is -0.508 e. The first-order valence-corrected chi connectivity index (χ1v) is 50.1. The van der Waals surface area contributed by atoms with Crippen molar-refractivity contribution in [3.05, 3.63) is 148 Å². The molecule has 4 fully saturated rings. The molecule has 5 aliphatic rings. The summed E-state index contributed by atoms with van der Waals surface area (Å²) in [4.78, 5) is 200. The van der Waals surface area contributed by atoms with E-state index in [0.717, 1.165) is 33.6 Å². The fourth-order valence-corrected chi connectivity index (χ4v) is 21.7. The Hall–Kier alpha value is -10.3. The number of para-hydroxylation sites is 1. The van der Waals surface area contributed by atoms with Crippen molar-refractivity contribution in [3.63, 3.8) is 0 Å². The summed E-state index contributed by atoms with van der Waals surface area (Å²) in [6, 6.07) is 11.0. The number of esters is 1. The van der Waals surface area contributed by atoms with E-state index in [4.69, 9.17) is 41.0 Å². The Kier molecular flexibility index (Phi) is 38.6. The number of epoxide rings is 1. The molecule has 4 aromatic carbocycles. The van der Waals surface area contributed by atoms with Crippen LogP contribution in [0.15, 0.2) is 121 Å². The maximum Gasteiger partial charge on any atom is 0.409 e. The highest BCUT2D eigenvalue weighted by Gasteiger charge is 2.65. The standard InChI is InChI=1S/C93H126ClN15O21S4/c1-13-96-89(123)103-65(42-56-26-16-14-17-27-56)82(116)101-67-50-132-133-51-68(102-86(120)77(55(5)110)104-80(114)63(30-20-21-37-95)98-83(117)66(46-59-49-97-62-29-19-18-28-61(59)62)100-81(115)64(99-84(67)118)43-57-32-34-60(111)35-33-57)85(119)105-78(87(121)109-38-22-15-23-39-109)91(6,7)134-131-40-36-74(112)107(9)54(4)88(122)129-73-47-75(113)108(10)69-44-58(45-70(126-11)76(69)94)41-52(2)25-24-31-72(127-12)93(125)48-71(128-90(124)106-93)53(3)79-92(73,8)130-79/h14,16-19,24-29,31-35,44-45,49,53-55,63-68,71-73,77-79,97,110-111,125H,13,15,20-23,30,36-43,46-48,50-51,95H2,1-12H3,(H,98,117)(H,99,118)(H,100,115)(H,101,116)(H,102,120)(H,104,114)(H,105,119)(H,106,124)(H2,96,103,123)/b31-24+,52-25+/t53-,54+,55-,63+,64+,65-,66-,67+,68+,71+,72-,73+,77+,78-,79+,92+,93+/m1/s1. The first-order chi connectivity index (χ1) is 63.8. The molecular formula is C93H126ClN15O21S4. The minimum atomic E-state index is -1.96. The van der Waals surface area contributed by atoms with Gasteiger partial charge in [-0.05, 0) is 153 Å². The number of aliphatic hydroxyl groups excluding tert-OH is 1. The summed E-state index contributed by atoms with van der Waals surface area (Å²) < 4.78 is 28.7.